The Labute approximate surface area is 126 Å². The lowest BCUT2D eigenvalue weighted by molar-refractivity contribution is 0.187. The summed E-state index contributed by atoms with van der Waals surface area (Å²) in [5.41, 5.74) is 0.782. The number of carbonyl (C=O) groups excluding carboxylic acids is 1. The lowest BCUT2D eigenvalue weighted by Gasteiger charge is -2.20. The van der Waals surface area contributed by atoms with Crippen molar-refractivity contribution in [3.63, 3.8) is 0 Å². The van der Waals surface area contributed by atoms with E-state index in [4.69, 9.17) is 4.74 Å². The lowest BCUT2D eigenvalue weighted by Crippen LogP contribution is -2.40. The molecule has 7 heteroatoms. The van der Waals surface area contributed by atoms with Crippen molar-refractivity contribution < 1.29 is 13.9 Å². The maximum atomic E-state index is 13.2. The van der Waals surface area contributed by atoms with Gasteiger partial charge in [-0.1, -0.05) is 6.07 Å². The number of urea groups is 1. The average Bonchev–Trinajstić information content (AvgIpc) is 2.75. The number of fused-ring (bicyclic) bond motifs is 1. The first-order chi connectivity index (χ1) is 10.7. The van der Waals surface area contributed by atoms with E-state index in [1.54, 1.807) is 29.4 Å². The Kier molecular flexibility index (Phi) is 4.13. The summed E-state index contributed by atoms with van der Waals surface area (Å²) in [5.74, 6) is 0.684. The summed E-state index contributed by atoms with van der Waals surface area (Å²) < 4.78 is 18.7. The number of ether oxygens (including phenoxy) is 1. The van der Waals surface area contributed by atoms with E-state index in [9.17, 15) is 9.18 Å². The number of amides is 2. The Balaban J connectivity index is 1.64. The second kappa shape index (κ2) is 6.38. The molecule has 0 saturated carbocycles. The van der Waals surface area contributed by atoms with Gasteiger partial charge in [-0.05, 0) is 12.1 Å². The van der Waals surface area contributed by atoms with Crippen molar-refractivity contribution in [1.82, 2.24) is 20.2 Å². The van der Waals surface area contributed by atoms with Crippen LogP contribution in [0.2, 0.25) is 0 Å². The van der Waals surface area contributed by atoms with Gasteiger partial charge < -0.3 is 15.0 Å². The van der Waals surface area contributed by atoms with Crippen molar-refractivity contribution in [2.75, 3.05) is 13.2 Å². The van der Waals surface area contributed by atoms with Gasteiger partial charge in [0, 0.05) is 24.0 Å². The van der Waals surface area contributed by atoms with Crippen molar-refractivity contribution in [1.29, 1.82) is 0 Å². The molecule has 1 N–H and O–H groups in total. The number of halogens is 1. The van der Waals surface area contributed by atoms with Gasteiger partial charge in [0.1, 0.15) is 24.0 Å². The second-order valence-corrected chi connectivity index (χ2v) is 4.85. The first kappa shape index (κ1) is 14.2. The Morgan fingerprint density at radius 2 is 2.18 bits per heavy atom. The molecule has 6 nitrogen and oxygen atoms in total. The van der Waals surface area contributed by atoms with E-state index >= 15 is 0 Å². The minimum absolute atomic E-state index is 0.228. The van der Waals surface area contributed by atoms with Gasteiger partial charge in [0.05, 0.1) is 19.6 Å². The minimum Gasteiger partial charge on any atom is -0.491 e. The van der Waals surface area contributed by atoms with Crippen LogP contribution in [-0.2, 0) is 13.1 Å². The van der Waals surface area contributed by atoms with E-state index in [-0.39, 0.29) is 18.4 Å². The molecule has 1 aliphatic heterocycles. The molecule has 0 radical (unpaired) electrons. The zero-order chi connectivity index (χ0) is 15.4. The van der Waals surface area contributed by atoms with Crippen molar-refractivity contribution >= 4 is 6.03 Å². The predicted molar refractivity (Wildman–Crippen MR) is 76.6 cm³/mol. The smallest absolute Gasteiger partial charge is 0.318 e. The van der Waals surface area contributed by atoms with E-state index in [1.807, 2.05) is 0 Å². The quantitative estimate of drug-likeness (QED) is 0.917. The van der Waals surface area contributed by atoms with Crippen LogP contribution in [0.3, 0.4) is 0 Å². The van der Waals surface area contributed by atoms with Crippen LogP contribution in [0.1, 0.15) is 11.4 Å². The SMILES string of the molecule is O=C(NCc1ncccn1)N1CCOc2cc(F)ccc2C1. The fourth-order valence-corrected chi connectivity index (χ4v) is 2.20. The molecule has 3 rings (SSSR count). The number of benzene rings is 1. The summed E-state index contributed by atoms with van der Waals surface area (Å²) >= 11 is 0. The molecule has 0 bridgehead atoms. The van der Waals surface area contributed by atoms with E-state index < -0.39 is 0 Å². The summed E-state index contributed by atoms with van der Waals surface area (Å²) in [6.07, 6.45) is 3.25. The number of rotatable bonds is 2. The minimum atomic E-state index is -0.349. The summed E-state index contributed by atoms with van der Waals surface area (Å²) in [4.78, 5) is 21.9. The third kappa shape index (κ3) is 3.30. The van der Waals surface area contributed by atoms with Gasteiger partial charge in [-0.15, -0.1) is 0 Å². The molecule has 22 heavy (non-hydrogen) atoms. The normalized spacial score (nSPS) is 13.8. The molecule has 1 aromatic carbocycles. The van der Waals surface area contributed by atoms with Gasteiger partial charge in [0.15, 0.2) is 0 Å². The average molecular weight is 302 g/mol. The Morgan fingerprint density at radius 3 is 3.00 bits per heavy atom. The van der Waals surface area contributed by atoms with Crippen LogP contribution < -0.4 is 10.1 Å². The second-order valence-electron chi connectivity index (χ2n) is 4.85. The largest absolute Gasteiger partial charge is 0.491 e. The fourth-order valence-electron chi connectivity index (χ4n) is 2.20. The zero-order valence-electron chi connectivity index (χ0n) is 11.8. The zero-order valence-corrected chi connectivity index (χ0v) is 11.8. The molecular weight excluding hydrogens is 287 g/mol. The van der Waals surface area contributed by atoms with Crippen LogP contribution in [-0.4, -0.2) is 34.1 Å². The van der Waals surface area contributed by atoms with E-state index in [0.717, 1.165) is 5.56 Å². The van der Waals surface area contributed by atoms with Crippen molar-refractivity contribution in [2.45, 2.75) is 13.1 Å². The summed E-state index contributed by atoms with van der Waals surface area (Å²) in [6.45, 7) is 1.38. The number of aromatic nitrogens is 2. The summed E-state index contributed by atoms with van der Waals surface area (Å²) in [6, 6.07) is 5.83. The molecule has 1 aromatic heterocycles. The molecular formula is C15H15FN4O2. The first-order valence-electron chi connectivity index (χ1n) is 6.92. The van der Waals surface area contributed by atoms with Crippen LogP contribution in [0.4, 0.5) is 9.18 Å². The Morgan fingerprint density at radius 1 is 1.36 bits per heavy atom. The third-order valence-electron chi connectivity index (χ3n) is 3.31. The van der Waals surface area contributed by atoms with Gasteiger partial charge in [-0.2, -0.15) is 0 Å². The molecule has 0 spiro atoms. The van der Waals surface area contributed by atoms with Crippen molar-refractivity contribution in [2.24, 2.45) is 0 Å². The van der Waals surface area contributed by atoms with Crippen LogP contribution in [0, 0.1) is 5.82 Å². The number of hydrogen-bond acceptors (Lipinski definition) is 4. The molecule has 2 heterocycles. The number of nitrogens with zero attached hydrogens (tertiary/aromatic N) is 3. The molecule has 114 valence electrons. The number of hydrogen-bond donors (Lipinski definition) is 1. The van der Waals surface area contributed by atoms with E-state index in [1.165, 1.54) is 12.1 Å². The highest BCUT2D eigenvalue weighted by atomic mass is 19.1. The van der Waals surface area contributed by atoms with Crippen LogP contribution in [0.25, 0.3) is 0 Å². The van der Waals surface area contributed by atoms with Gasteiger partial charge in [0.2, 0.25) is 0 Å². The Hall–Kier alpha value is -2.70. The lowest BCUT2D eigenvalue weighted by atomic mass is 10.2. The van der Waals surface area contributed by atoms with Gasteiger partial charge in [-0.3, -0.25) is 0 Å². The molecule has 2 amide bonds. The van der Waals surface area contributed by atoms with Crippen LogP contribution in [0.5, 0.6) is 5.75 Å². The Bertz CT molecular complexity index is 666. The molecule has 0 atom stereocenters. The van der Waals surface area contributed by atoms with Crippen LogP contribution >= 0.6 is 0 Å². The topological polar surface area (TPSA) is 67.4 Å². The summed E-state index contributed by atoms with van der Waals surface area (Å²) in [7, 11) is 0. The number of nitrogens with one attached hydrogen (secondary N) is 1. The summed E-state index contributed by atoms with van der Waals surface area (Å²) in [5, 5.41) is 2.77. The van der Waals surface area contributed by atoms with Gasteiger partial charge >= 0.3 is 6.03 Å². The van der Waals surface area contributed by atoms with Gasteiger partial charge in [-0.25, -0.2) is 19.2 Å². The highest BCUT2D eigenvalue weighted by molar-refractivity contribution is 5.74. The molecule has 1 aliphatic rings. The fraction of sp³-hybridized carbons (Fsp3) is 0.267. The standard InChI is InChI=1S/C15H15FN4O2/c16-12-3-2-11-10-20(6-7-22-13(11)8-12)15(21)19-9-14-17-4-1-5-18-14/h1-5,8H,6-7,9-10H2,(H,19,21). The third-order valence-corrected chi connectivity index (χ3v) is 3.31. The molecule has 0 aliphatic carbocycles. The monoisotopic (exact) mass is 302 g/mol. The van der Waals surface area contributed by atoms with E-state index in [2.05, 4.69) is 15.3 Å². The number of carbonyl (C=O) groups is 1. The predicted octanol–water partition coefficient (Wildman–Crippen LogP) is 1.72. The maximum Gasteiger partial charge on any atom is 0.318 e. The molecule has 0 saturated heterocycles. The van der Waals surface area contributed by atoms with E-state index in [0.29, 0.717) is 31.3 Å². The first-order valence-corrected chi connectivity index (χ1v) is 6.92. The van der Waals surface area contributed by atoms with Crippen molar-refractivity contribution in [3.05, 3.63) is 53.9 Å². The highest BCUT2D eigenvalue weighted by Crippen LogP contribution is 2.23. The van der Waals surface area contributed by atoms with Crippen LogP contribution in [0.15, 0.2) is 36.7 Å². The van der Waals surface area contributed by atoms with Crippen molar-refractivity contribution in [3.8, 4) is 5.75 Å². The molecule has 2 aromatic rings. The maximum absolute atomic E-state index is 13.2. The molecule has 0 unspecified atom stereocenters. The molecule has 0 fully saturated rings. The highest BCUT2D eigenvalue weighted by Gasteiger charge is 2.20. The van der Waals surface area contributed by atoms with Gasteiger partial charge in [0.25, 0.3) is 0 Å².